The molecule has 4 rings (SSSR count). The summed E-state index contributed by atoms with van der Waals surface area (Å²) < 4.78 is 2.07. The van der Waals surface area contributed by atoms with Crippen molar-refractivity contribution in [3.8, 4) is 5.69 Å². The molecule has 0 spiro atoms. The first kappa shape index (κ1) is 19.4. The molecule has 1 aromatic heterocycles. The molecule has 0 atom stereocenters. The van der Waals surface area contributed by atoms with E-state index in [1.807, 2.05) is 51.1 Å². The van der Waals surface area contributed by atoms with E-state index in [0.717, 1.165) is 27.5 Å². The van der Waals surface area contributed by atoms with Crippen molar-refractivity contribution in [1.82, 2.24) is 9.88 Å². The van der Waals surface area contributed by atoms with Crippen LogP contribution in [0.4, 0.5) is 10.5 Å². The molecule has 3 aromatic rings. The van der Waals surface area contributed by atoms with Crippen LogP contribution in [0.25, 0.3) is 11.8 Å². The van der Waals surface area contributed by atoms with Crippen LogP contribution >= 0.6 is 0 Å². The van der Waals surface area contributed by atoms with Gasteiger partial charge in [-0.1, -0.05) is 35.9 Å². The summed E-state index contributed by atoms with van der Waals surface area (Å²) >= 11 is 0. The second kappa shape index (κ2) is 7.48. The van der Waals surface area contributed by atoms with Gasteiger partial charge in [0.25, 0.3) is 11.8 Å². The highest BCUT2D eigenvalue weighted by atomic mass is 16.2. The number of hydrogen-bond acceptors (Lipinski definition) is 3. The lowest BCUT2D eigenvalue weighted by atomic mass is 10.1. The molecule has 2 heterocycles. The van der Waals surface area contributed by atoms with E-state index in [9.17, 15) is 14.4 Å². The molecule has 0 aliphatic carbocycles. The fourth-order valence-electron chi connectivity index (χ4n) is 3.65. The normalized spacial score (nSPS) is 15.6. The lowest BCUT2D eigenvalue weighted by Gasteiger charge is -2.26. The number of para-hydroxylation sites is 1. The van der Waals surface area contributed by atoms with E-state index in [2.05, 4.69) is 9.88 Å². The van der Waals surface area contributed by atoms with Crippen molar-refractivity contribution in [2.45, 2.75) is 20.8 Å². The fourth-order valence-corrected chi connectivity index (χ4v) is 3.65. The number of amides is 4. The Morgan fingerprint density at radius 1 is 0.833 bits per heavy atom. The van der Waals surface area contributed by atoms with E-state index in [-0.39, 0.29) is 5.57 Å². The van der Waals surface area contributed by atoms with Gasteiger partial charge in [0, 0.05) is 17.1 Å². The lowest BCUT2D eigenvalue weighted by molar-refractivity contribution is -0.122. The summed E-state index contributed by atoms with van der Waals surface area (Å²) in [5.41, 5.74) is 5.11. The molecule has 1 aliphatic rings. The highest BCUT2D eigenvalue weighted by Gasteiger charge is 2.36. The minimum absolute atomic E-state index is 0.0809. The molecular formula is C24H21N3O3. The summed E-state index contributed by atoms with van der Waals surface area (Å²) in [5, 5.41) is 2.26. The molecular weight excluding hydrogens is 378 g/mol. The third-order valence-corrected chi connectivity index (χ3v) is 5.18. The van der Waals surface area contributed by atoms with Gasteiger partial charge in [0.2, 0.25) is 0 Å². The molecule has 150 valence electrons. The maximum absolute atomic E-state index is 13.0. The number of anilines is 1. The van der Waals surface area contributed by atoms with Crippen LogP contribution in [0.2, 0.25) is 0 Å². The number of carbonyl (C=O) groups excluding carboxylic acids is 3. The number of aryl methyl sites for hydroxylation is 2. The number of hydrogen-bond donors (Lipinski definition) is 1. The molecule has 0 unspecified atom stereocenters. The van der Waals surface area contributed by atoms with Crippen molar-refractivity contribution in [3.63, 3.8) is 0 Å². The molecule has 0 radical (unpaired) electrons. The second-order valence-electron chi connectivity index (χ2n) is 7.29. The Kier molecular flexibility index (Phi) is 4.83. The zero-order chi connectivity index (χ0) is 21.4. The lowest BCUT2D eigenvalue weighted by Crippen LogP contribution is -2.54. The summed E-state index contributed by atoms with van der Waals surface area (Å²) in [7, 11) is 0. The third kappa shape index (κ3) is 3.33. The first-order valence-electron chi connectivity index (χ1n) is 9.59. The zero-order valence-electron chi connectivity index (χ0n) is 17.0. The van der Waals surface area contributed by atoms with E-state index >= 15 is 0 Å². The number of carbonyl (C=O) groups is 3. The van der Waals surface area contributed by atoms with Gasteiger partial charge in [-0.3, -0.25) is 14.9 Å². The molecule has 1 fully saturated rings. The van der Waals surface area contributed by atoms with Crippen LogP contribution in [0.15, 0.2) is 66.2 Å². The van der Waals surface area contributed by atoms with Gasteiger partial charge in [-0.25, -0.2) is 9.69 Å². The van der Waals surface area contributed by atoms with E-state index in [0.29, 0.717) is 5.69 Å². The Labute approximate surface area is 174 Å². The molecule has 1 N–H and O–H groups in total. The van der Waals surface area contributed by atoms with Crippen LogP contribution in [0, 0.1) is 20.8 Å². The summed E-state index contributed by atoms with van der Waals surface area (Å²) in [6, 6.07) is 17.8. The van der Waals surface area contributed by atoms with Crippen LogP contribution in [0.5, 0.6) is 0 Å². The number of nitrogens with zero attached hydrogens (tertiary/aromatic N) is 2. The van der Waals surface area contributed by atoms with E-state index in [1.54, 1.807) is 36.4 Å². The van der Waals surface area contributed by atoms with Gasteiger partial charge in [0.1, 0.15) is 5.57 Å². The molecule has 0 bridgehead atoms. The van der Waals surface area contributed by atoms with Gasteiger partial charge in [-0.05, 0) is 62.7 Å². The van der Waals surface area contributed by atoms with Gasteiger partial charge in [-0.2, -0.15) is 0 Å². The van der Waals surface area contributed by atoms with Gasteiger partial charge in [0.05, 0.1) is 5.69 Å². The molecule has 30 heavy (non-hydrogen) atoms. The minimum atomic E-state index is -0.751. The molecule has 1 saturated heterocycles. The van der Waals surface area contributed by atoms with Crippen molar-refractivity contribution < 1.29 is 14.4 Å². The maximum atomic E-state index is 13.0. The van der Waals surface area contributed by atoms with Gasteiger partial charge in [-0.15, -0.1) is 0 Å². The third-order valence-electron chi connectivity index (χ3n) is 5.18. The average Bonchev–Trinajstić information content (AvgIpc) is 3.00. The Hall–Kier alpha value is -3.93. The zero-order valence-corrected chi connectivity index (χ0v) is 17.0. The number of aromatic nitrogens is 1. The number of nitrogens with one attached hydrogen (secondary N) is 1. The smallest absolute Gasteiger partial charge is 0.318 e. The molecule has 4 amide bonds. The molecule has 6 nitrogen and oxygen atoms in total. The fraction of sp³-hybridized carbons (Fsp3) is 0.125. The highest BCUT2D eigenvalue weighted by Crippen LogP contribution is 2.26. The van der Waals surface area contributed by atoms with Crippen molar-refractivity contribution >= 4 is 29.6 Å². The predicted molar refractivity (Wildman–Crippen MR) is 115 cm³/mol. The van der Waals surface area contributed by atoms with Crippen LogP contribution in [-0.2, 0) is 9.59 Å². The van der Waals surface area contributed by atoms with Gasteiger partial charge < -0.3 is 4.57 Å². The summed E-state index contributed by atoms with van der Waals surface area (Å²) in [4.78, 5) is 38.8. The standard InChI is InChI=1S/C24H21N3O3/c1-15-9-11-20(12-10-15)26-16(2)13-18(17(26)3)14-21-22(28)25-24(30)27(23(21)29)19-7-5-4-6-8-19/h4-14H,1-3H3,(H,25,28,30). The van der Waals surface area contributed by atoms with Crippen LogP contribution in [-0.4, -0.2) is 22.4 Å². The van der Waals surface area contributed by atoms with E-state index < -0.39 is 17.8 Å². The highest BCUT2D eigenvalue weighted by molar-refractivity contribution is 6.39. The van der Waals surface area contributed by atoms with Crippen molar-refractivity contribution in [2.24, 2.45) is 0 Å². The molecule has 0 saturated carbocycles. The Balaban J connectivity index is 1.76. The minimum Gasteiger partial charge on any atom is -0.318 e. The van der Waals surface area contributed by atoms with Crippen molar-refractivity contribution in [1.29, 1.82) is 0 Å². The Morgan fingerprint density at radius 2 is 1.50 bits per heavy atom. The summed E-state index contributed by atoms with van der Waals surface area (Å²) in [5.74, 6) is -1.34. The maximum Gasteiger partial charge on any atom is 0.335 e. The Morgan fingerprint density at radius 3 is 2.17 bits per heavy atom. The van der Waals surface area contributed by atoms with Crippen molar-refractivity contribution in [3.05, 3.63) is 88.8 Å². The first-order valence-corrected chi connectivity index (χ1v) is 9.59. The topological polar surface area (TPSA) is 71.4 Å². The number of imide groups is 2. The number of urea groups is 1. The average molecular weight is 399 g/mol. The van der Waals surface area contributed by atoms with Gasteiger partial charge in [0.15, 0.2) is 0 Å². The SMILES string of the molecule is Cc1ccc(-n2c(C)cc(C=C3C(=O)NC(=O)N(c4ccccc4)C3=O)c2C)cc1. The van der Waals surface area contributed by atoms with Crippen LogP contribution in [0.3, 0.4) is 0 Å². The Bertz CT molecular complexity index is 1190. The molecule has 6 heteroatoms. The van der Waals surface area contributed by atoms with Crippen LogP contribution < -0.4 is 10.2 Å². The van der Waals surface area contributed by atoms with Crippen LogP contribution in [0.1, 0.15) is 22.5 Å². The first-order chi connectivity index (χ1) is 14.4. The summed E-state index contributed by atoms with van der Waals surface area (Å²) in [6.45, 7) is 5.93. The summed E-state index contributed by atoms with van der Waals surface area (Å²) in [6.07, 6.45) is 1.55. The van der Waals surface area contributed by atoms with E-state index in [4.69, 9.17) is 0 Å². The predicted octanol–water partition coefficient (Wildman–Crippen LogP) is 4.07. The van der Waals surface area contributed by atoms with Crippen molar-refractivity contribution in [2.75, 3.05) is 4.90 Å². The number of rotatable bonds is 3. The molecule has 1 aliphatic heterocycles. The molecule has 2 aromatic carbocycles. The number of benzene rings is 2. The van der Waals surface area contributed by atoms with Gasteiger partial charge >= 0.3 is 6.03 Å². The monoisotopic (exact) mass is 399 g/mol. The van der Waals surface area contributed by atoms with E-state index in [1.165, 1.54) is 5.56 Å². The quantitative estimate of drug-likeness (QED) is 0.533. The largest absolute Gasteiger partial charge is 0.335 e. The second-order valence-corrected chi connectivity index (χ2v) is 7.29. The number of barbiturate groups is 1.